The summed E-state index contributed by atoms with van der Waals surface area (Å²) < 4.78 is 13.1. The largest absolute Gasteiger partial charge is 0.397 e. The molecule has 20 heavy (non-hydrogen) atoms. The van der Waals surface area contributed by atoms with Crippen LogP contribution in [0.15, 0.2) is 42.5 Å². The van der Waals surface area contributed by atoms with Crippen LogP contribution in [0.1, 0.15) is 11.1 Å². The molecule has 0 unspecified atom stereocenters. The lowest BCUT2D eigenvalue weighted by Crippen LogP contribution is -2.21. The Balaban J connectivity index is 2.09. The second kappa shape index (κ2) is 6.07. The summed E-state index contributed by atoms with van der Waals surface area (Å²) in [4.78, 5) is 1.97. The molecule has 2 aromatic carbocycles. The first-order chi connectivity index (χ1) is 9.60. The van der Waals surface area contributed by atoms with Crippen LogP contribution in [0.25, 0.3) is 0 Å². The molecule has 2 aromatic rings. The summed E-state index contributed by atoms with van der Waals surface area (Å²) in [5.74, 6) is -0.226. The number of hydrogen-bond acceptors (Lipinski definition) is 3. The van der Waals surface area contributed by atoms with Gasteiger partial charge in [-0.15, -0.1) is 0 Å². The first kappa shape index (κ1) is 13.9. The number of nitrogens with two attached hydrogens (primary N) is 1. The molecule has 2 rings (SSSR count). The van der Waals surface area contributed by atoms with Crippen LogP contribution in [0, 0.1) is 17.1 Å². The third kappa shape index (κ3) is 3.27. The monoisotopic (exact) mass is 269 g/mol. The molecule has 0 aromatic heterocycles. The number of likely N-dealkylation sites (N-methyl/N-ethyl adjacent to an activating group) is 1. The molecule has 0 aliphatic rings. The predicted octanol–water partition coefficient (Wildman–Crippen LogP) is 2.96. The van der Waals surface area contributed by atoms with Gasteiger partial charge in [-0.05, 0) is 42.3 Å². The van der Waals surface area contributed by atoms with Gasteiger partial charge in [0.2, 0.25) is 0 Å². The number of benzene rings is 2. The third-order valence-electron chi connectivity index (χ3n) is 3.20. The molecular weight excluding hydrogens is 253 g/mol. The molecule has 0 spiro atoms. The van der Waals surface area contributed by atoms with E-state index in [-0.39, 0.29) is 5.82 Å². The van der Waals surface area contributed by atoms with E-state index in [2.05, 4.69) is 6.07 Å². The van der Waals surface area contributed by atoms with E-state index in [0.29, 0.717) is 24.2 Å². The average Bonchev–Trinajstić information content (AvgIpc) is 2.45. The molecule has 0 aliphatic heterocycles. The molecule has 3 nitrogen and oxygen atoms in total. The van der Waals surface area contributed by atoms with Crippen molar-refractivity contribution in [2.75, 3.05) is 24.2 Å². The summed E-state index contributed by atoms with van der Waals surface area (Å²) in [5, 5.41) is 8.92. The van der Waals surface area contributed by atoms with E-state index in [1.54, 1.807) is 24.3 Å². The van der Waals surface area contributed by atoms with E-state index >= 15 is 0 Å². The first-order valence-corrected chi connectivity index (χ1v) is 6.35. The van der Waals surface area contributed by atoms with Crippen LogP contribution in [0.2, 0.25) is 0 Å². The molecule has 0 aliphatic carbocycles. The molecule has 4 heteroatoms. The Morgan fingerprint density at radius 3 is 2.75 bits per heavy atom. The van der Waals surface area contributed by atoms with Gasteiger partial charge in [0.1, 0.15) is 5.82 Å². The van der Waals surface area contributed by atoms with Crippen molar-refractivity contribution in [1.29, 1.82) is 5.26 Å². The second-order valence-electron chi connectivity index (χ2n) is 4.69. The summed E-state index contributed by atoms with van der Waals surface area (Å²) >= 11 is 0. The van der Waals surface area contributed by atoms with Gasteiger partial charge in [0.25, 0.3) is 0 Å². The van der Waals surface area contributed by atoms with E-state index in [4.69, 9.17) is 11.0 Å². The number of nitrogen functional groups attached to an aromatic ring is 1. The minimum Gasteiger partial charge on any atom is -0.397 e. The highest BCUT2D eigenvalue weighted by atomic mass is 19.1. The van der Waals surface area contributed by atoms with Gasteiger partial charge in [0.05, 0.1) is 23.0 Å². The quantitative estimate of drug-likeness (QED) is 0.868. The fraction of sp³-hybridized carbons (Fsp3) is 0.188. The third-order valence-corrected chi connectivity index (χ3v) is 3.20. The number of hydrogen-bond donors (Lipinski definition) is 1. The van der Waals surface area contributed by atoms with Crippen LogP contribution in [-0.2, 0) is 6.42 Å². The van der Waals surface area contributed by atoms with Gasteiger partial charge >= 0.3 is 0 Å². The van der Waals surface area contributed by atoms with Crippen LogP contribution in [0.4, 0.5) is 15.8 Å². The lowest BCUT2D eigenvalue weighted by Gasteiger charge is -2.21. The maximum Gasteiger partial charge on any atom is 0.123 e. The van der Waals surface area contributed by atoms with E-state index < -0.39 is 0 Å². The smallest absolute Gasteiger partial charge is 0.123 e. The topological polar surface area (TPSA) is 53.0 Å². The Labute approximate surface area is 118 Å². The van der Waals surface area contributed by atoms with E-state index in [1.165, 1.54) is 12.1 Å². The van der Waals surface area contributed by atoms with Crippen molar-refractivity contribution in [2.24, 2.45) is 0 Å². The molecule has 0 atom stereocenters. The van der Waals surface area contributed by atoms with Gasteiger partial charge < -0.3 is 10.6 Å². The minimum absolute atomic E-state index is 0.226. The van der Waals surface area contributed by atoms with E-state index in [0.717, 1.165) is 11.3 Å². The van der Waals surface area contributed by atoms with Crippen molar-refractivity contribution in [3.05, 3.63) is 59.4 Å². The van der Waals surface area contributed by atoms with Gasteiger partial charge in [0, 0.05) is 13.6 Å². The van der Waals surface area contributed by atoms with Crippen LogP contribution in [0.5, 0.6) is 0 Å². The van der Waals surface area contributed by atoms with Crippen LogP contribution in [-0.4, -0.2) is 13.6 Å². The second-order valence-corrected chi connectivity index (χ2v) is 4.69. The molecular formula is C16H16FN3. The molecule has 0 saturated carbocycles. The molecule has 0 fully saturated rings. The zero-order valence-electron chi connectivity index (χ0n) is 11.3. The molecule has 0 heterocycles. The Kier molecular flexibility index (Phi) is 4.21. The van der Waals surface area contributed by atoms with Gasteiger partial charge in [-0.25, -0.2) is 4.39 Å². The fourth-order valence-electron chi connectivity index (χ4n) is 2.05. The highest BCUT2D eigenvalue weighted by Gasteiger charge is 2.07. The predicted molar refractivity (Wildman–Crippen MR) is 78.9 cm³/mol. The zero-order valence-corrected chi connectivity index (χ0v) is 11.3. The Morgan fingerprint density at radius 1 is 1.25 bits per heavy atom. The van der Waals surface area contributed by atoms with Crippen LogP contribution in [0.3, 0.4) is 0 Å². The molecule has 102 valence electrons. The lowest BCUT2D eigenvalue weighted by molar-refractivity contribution is 0.625. The molecule has 0 radical (unpaired) electrons. The maximum atomic E-state index is 13.1. The van der Waals surface area contributed by atoms with Crippen molar-refractivity contribution < 1.29 is 4.39 Å². The van der Waals surface area contributed by atoms with Crippen molar-refractivity contribution in [3.8, 4) is 6.07 Å². The number of nitriles is 1. The summed E-state index contributed by atoms with van der Waals surface area (Å²) in [6, 6.07) is 13.8. The minimum atomic E-state index is -0.226. The summed E-state index contributed by atoms with van der Waals surface area (Å²) in [6.45, 7) is 0.697. The Hall–Kier alpha value is -2.54. The zero-order chi connectivity index (χ0) is 14.5. The van der Waals surface area contributed by atoms with Gasteiger partial charge in [-0.2, -0.15) is 5.26 Å². The standard InChI is InChI=1S/C16H16FN3/c1-20(8-7-12-3-2-4-14(17)9-12)16-10-13(11-18)5-6-15(16)19/h2-6,9-10H,7-8,19H2,1H3. The van der Waals surface area contributed by atoms with Crippen LogP contribution >= 0.6 is 0 Å². The number of rotatable bonds is 4. The molecule has 2 N–H and O–H groups in total. The highest BCUT2D eigenvalue weighted by molar-refractivity contribution is 5.69. The van der Waals surface area contributed by atoms with Crippen molar-refractivity contribution in [1.82, 2.24) is 0 Å². The van der Waals surface area contributed by atoms with Gasteiger partial charge in [-0.1, -0.05) is 12.1 Å². The van der Waals surface area contributed by atoms with Crippen molar-refractivity contribution >= 4 is 11.4 Å². The normalized spacial score (nSPS) is 10.1. The molecule has 0 bridgehead atoms. The van der Waals surface area contributed by atoms with Crippen molar-refractivity contribution in [2.45, 2.75) is 6.42 Å². The summed E-state index contributed by atoms with van der Waals surface area (Å²) in [6.07, 6.45) is 0.713. The molecule has 0 saturated heterocycles. The number of nitrogens with zero attached hydrogens (tertiary/aromatic N) is 2. The summed E-state index contributed by atoms with van der Waals surface area (Å²) in [7, 11) is 1.91. The SMILES string of the molecule is CN(CCc1cccc(F)c1)c1cc(C#N)ccc1N. The average molecular weight is 269 g/mol. The fourth-order valence-corrected chi connectivity index (χ4v) is 2.05. The Bertz CT molecular complexity index is 646. The van der Waals surface area contributed by atoms with Crippen LogP contribution < -0.4 is 10.6 Å². The maximum absolute atomic E-state index is 13.1. The molecule has 0 amide bonds. The van der Waals surface area contributed by atoms with Crippen molar-refractivity contribution in [3.63, 3.8) is 0 Å². The van der Waals surface area contributed by atoms with Gasteiger partial charge in [0.15, 0.2) is 0 Å². The first-order valence-electron chi connectivity index (χ1n) is 6.35. The van der Waals surface area contributed by atoms with Gasteiger partial charge in [-0.3, -0.25) is 0 Å². The summed E-state index contributed by atoms with van der Waals surface area (Å²) in [5.41, 5.74) is 8.89. The Morgan fingerprint density at radius 2 is 2.05 bits per heavy atom. The number of anilines is 2. The lowest BCUT2D eigenvalue weighted by atomic mass is 10.1. The highest BCUT2D eigenvalue weighted by Crippen LogP contribution is 2.23. The van der Waals surface area contributed by atoms with E-state index in [9.17, 15) is 4.39 Å². The number of halogens is 1. The van der Waals surface area contributed by atoms with E-state index in [1.807, 2.05) is 18.0 Å².